The molecule has 0 fully saturated rings. The fourth-order valence-corrected chi connectivity index (χ4v) is 2.07. The summed E-state index contributed by atoms with van der Waals surface area (Å²) in [5, 5.41) is 5.45. The Bertz CT molecular complexity index is 718. The van der Waals surface area contributed by atoms with Crippen molar-refractivity contribution in [2.45, 2.75) is 13.1 Å². The second kappa shape index (κ2) is 8.98. The number of para-hydroxylation sites is 2. The summed E-state index contributed by atoms with van der Waals surface area (Å²) in [4.78, 5) is 12.0. The van der Waals surface area contributed by atoms with Gasteiger partial charge in [-0.1, -0.05) is 12.1 Å². The Kier molecular flexibility index (Phi) is 6.71. The molecule has 0 unspecified atom stereocenters. The van der Waals surface area contributed by atoms with Gasteiger partial charge >= 0.3 is 6.18 Å². The van der Waals surface area contributed by atoms with E-state index in [9.17, 15) is 18.0 Å². The lowest BCUT2D eigenvalue weighted by Crippen LogP contribution is -2.23. The van der Waals surface area contributed by atoms with Gasteiger partial charge in [0.15, 0.2) is 6.61 Å². The number of hydrogen-bond acceptors (Lipinski definition) is 4. The van der Waals surface area contributed by atoms with Crippen LogP contribution in [-0.2, 0) is 4.79 Å². The summed E-state index contributed by atoms with van der Waals surface area (Å²) in [6.07, 6.45) is -4.45. The van der Waals surface area contributed by atoms with Crippen LogP contribution < -0.4 is 20.1 Å². The van der Waals surface area contributed by atoms with Gasteiger partial charge in [-0.3, -0.25) is 4.79 Å². The van der Waals surface area contributed by atoms with Crippen molar-refractivity contribution in [2.24, 2.45) is 0 Å². The molecule has 5 nitrogen and oxygen atoms in total. The van der Waals surface area contributed by atoms with Gasteiger partial charge in [-0.25, -0.2) is 0 Å². The second-order valence-corrected chi connectivity index (χ2v) is 5.26. The van der Waals surface area contributed by atoms with Crippen molar-refractivity contribution in [1.82, 2.24) is 0 Å². The number of halogens is 3. The van der Waals surface area contributed by atoms with Crippen molar-refractivity contribution in [2.75, 3.05) is 30.4 Å². The predicted molar refractivity (Wildman–Crippen MR) is 92.7 cm³/mol. The number of anilines is 2. The van der Waals surface area contributed by atoms with Crippen LogP contribution in [0.15, 0.2) is 48.5 Å². The molecule has 2 N–H and O–H groups in total. The molecule has 0 aliphatic carbocycles. The lowest BCUT2D eigenvalue weighted by atomic mass is 10.3. The third-order valence-corrected chi connectivity index (χ3v) is 3.17. The highest BCUT2D eigenvalue weighted by molar-refractivity contribution is 5.95. The maximum atomic E-state index is 12.3. The van der Waals surface area contributed by atoms with E-state index in [1.807, 2.05) is 6.92 Å². The summed E-state index contributed by atoms with van der Waals surface area (Å²) in [6, 6.07) is 13.0. The molecule has 26 heavy (non-hydrogen) atoms. The normalized spacial score (nSPS) is 10.9. The molecule has 8 heteroatoms. The lowest BCUT2D eigenvalue weighted by molar-refractivity contribution is -0.153. The van der Waals surface area contributed by atoms with Gasteiger partial charge in [0.25, 0.3) is 0 Å². The van der Waals surface area contributed by atoms with Crippen molar-refractivity contribution in [1.29, 1.82) is 0 Å². The van der Waals surface area contributed by atoms with Crippen LogP contribution in [-0.4, -0.2) is 31.8 Å². The summed E-state index contributed by atoms with van der Waals surface area (Å²) >= 11 is 0. The van der Waals surface area contributed by atoms with Crippen LogP contribution >= 0.6 is 0 Å². The lowest BCUT2D eigenvalue weighted by Gasteiger charge is -2.14. The van der Waals surface area contributed by atoms with E-state index in [0.717, 1.165) is 5.75 Å². The first-order valence-corrected chi connectivity index (χ1v) is 7.92. The molecule has 0 atom stereocenters. The number of rotatable bonds is 8. The number of carbonyl (C=O) groups excluding carboxylic acids is 1. The van der Waals surface area contributed by atoms with Gasteiger partial charge in [0.1, 0.15) is 11.5 Å². The number of alkyl halides is 3. The van der Waals surface area contributed by atoms with Crippen molar-refractivity contribution in [3.05, 3.63) is 48.5 Å². The van der Waals surface area contributed by atoms with E-state index in [-0.39, 0.29) is 18.0 Å². The van der Waals surface area contributed by atoms with E-state index in [0.29, 0.717) is 12.3 Å². The van der Waals surface area contributed by atoms with E-state index in [2.05, 4.69) is 10.6 Å². The standard InChI is InChI=1S/C18H19F3N2O3/c1-2-25-14-9-7-13(8-10-14)22-11-17(24)23-15-5-3-4-6-16(15)26-12-18(19,20)21/h3-10,22H,2,11-12H2,1H3,(H,23,24). The minimum absolute atomic E-state index is 0.0424. The SMILES string of the molecule is CCOc1ccc(NCC(=O)Nc2ccccc2OCC(F)(F)F)cc1. The van der Waals surface area contributed by atoms with Crippen LogP contribution in [0.5, 0.6) is 11.5 Å². The fraction of sp³-hybridized carbons (Fsp3) is 0.278. The Hall–Kier alpha value is -2.90. The summed E-state index contributed by atoms with van der Waals surface area (Å²) in [5.41, 5.74) is 0.889. The van der Waals surface area contributed by atoms with Gasteiger partial charge in [-0.15, -0.1) is 0 Å². The molecule has 0 heterocycles. The van der Waals surface area contributed by atoms with E-state index in [1.54, 1.807) is 30.3 Å². The van der Waals surface area contributed by atoms with Gasteiger partial charge in [0, 0.05) is 5.69 Å². The maximum Gasteiger partial charge on any atom is 0.422 e. The highest BCUT2D eigenvalue weighted by Gasteiger charge is 2.28. The monoisotopic (exact) mass is 368 g/mol. The van der Waals surface area contributed by atoms with Crippen molar-refractivity contribution >= 4 is 17.3 Å². The van der Waals surface area contributed by atoms with E-state index < -0.39 is 18.7 Å². The molecule has 0 spiro atoms. The molecule has 0 saturated carbocycles. The summed E-state index contributed by atoms with van der Waals surface area (Å²) < 4.78 is 46.9. The van der Waals surface area contributed by atoms with Crippen LogP contribution in [0.1, 0.15) is 6.92 Å². The van der Waals surface area contributed by atoms with E-state index in [1.165, 1.54) is 18.2 Å². The molecule has 2 rings (SSSR count). The van der Waals surface area contributed by atoms with Crippen LogP contribution in [0.3, 0.4) is 0 Å². The molecular weight excluding hydrogens is 349 g/mol. The third kappa shape index (κ3) is 6.54. The van der Waals surface area contributed by atoms with Crippen molar-refractivity contribution < 1.29 is 27.4 Å². The summed E-state index contributed by atoms with van der Waals surface area (Å²) in [7, 11) is 0. The van der Waals surface area contributed by atoms with Gasteiger partial charge in [-0.05, 0) is 43.3 Å². The Morgan fingerprint density at radius 3 is 2.38 bits per heavy atom. The largest absolute Gasteiger partial charge is 0.494 e. The number of amides is 1. The molecule has 0 aromatic heterocycles. The minimum atomic E-state index is -4.45. The first-order chi connectivity index (χ1) is 12.4. The molecule has 0 aliphatic heterocycles. The van der Waals surface area contributed by atoms with E-state index in [4.69, 9.17) is 9.47 Å². The molecular formula is C18H19F3N2O3. The molecule has 0 bridgehead atoms. The average molecular weight is 368 g/mol. The van der Waals surface area contributed by atoms with Crippen molar-refractivity contribution in [3.8, 4) is 11.5 Å². The predicted octanol–water partition coefficient (Wildman–Crippen LogP) is 4.08. The Morgan fingerprint density at radius 1 is 1.04 bits per heavy atom. The molecule has 2 aromatic carbocycles. The fourth-order valence-electron chi connectivity index (χ4n) is 2.07. The molecule has 0 aliphatic rings. The molecule has 0 saturated heterocycles. The highest BCUT2D eigenvalue weighted by atomic mass is 19.4. The van der Waals surface area contributed by atoms with Crippen LogP contribution in [0, 0.1) is 0 Å². The van der Waals surface area contributed by atoms with E-state index >= 15 is 0 Å². The van der Waals surface area contributed by atoms with Crippen LogP contribution in [0.25, 0.3) is 0 Å². The Balaban J connectivity index is 1.89. The topological polar surface area (TPSA) is 59.6 Å². The number of carbonyl (C=O) groups is 1. The number of hydrogen-bond donors (Lipinski definition) is 2. The quantitative estimate of drug-likeness (QED) is 0.737. The number of ether oxygens (including phenoxy) is 2. The molecule has 2 aromatic rings. The van der Waals surface area contributed by atoms with Crippen LogP contribution in [0.2, 0.25) is 0 Å². The van der Waals surface area contributed by atoms with Crippen molar-refractivity contribution in [3.63, 3.8) is 0 Å². The summed E-state index contributed by atoms with van der Waals surface area (Å²) in [5.74, 6) is 0.263. The number of nitrogens with one attached hydrogen (secondary N) is 2. The van der Waals surface area contributed by atoms with Gasteiger partial charge in [0.2, 0.25) is 5.91 Å². The molecule has 1 amide bonds. The zero-order valence-corrected chi connectivity index (χ0v) is 14.1. The maximum absolute atomic E-state index is 12.3. The smallest absolute Gasteiger partial charge is 0.422 e. The van der Waals surface area contributed by atoms with Crippen LogP contribution in [0.4, 0.5) is 24.5 Å². The summed E-state index contributed by atoms with van der Waals surface area (Å²) in [6.45, 7) is 0.962. The Labute approximate surface area is 149 Å². The Morgan fingerprint density at radius 2 is 1.73 bits per heavy atom. The number of benzene rings is 2. The first kappa shape index (κ1) is 19.4. The third-order valence-electron chi connectivity index (χ3n) is 3.17. The minimum Gasteiger partial charge on any atom is -0.494 e. The molecule has 140 valence electrons. The first-order valence-electron chi connectivity index (χ1n) is 7.92. The van der Waals surface area contributed by atoms with Gasteiger partial charge in [-0.2, -0.15) is 13.2 Å². The zero-order valence-electron chi connectivity index (χ0n) is 14.1. The molecule has 0 radical (unpaired) electrons. The zero-order chi connectivity index (χ0) is 19.0. The van der Waals surface area contributed by atoms with Gasteiger partial charge < -0.3 is 20.1 Å². The average Bonchev–Trinajstić information content (AvgIpc) is 2.60. The highest BCUT2D eigenvalue weighted by Crippen LogP contribution is 2.26. The second-order valence-electron chi connectivity index (χ2n) is 5.26. The van der Waals surface area contributed by atoms with Gasteiger partial charge in [0.05, 0.1) is 18.8 Å².